The Balaban J connectivity index is 3.23. The van der Waals surface area contributed by atoms with Gasteiger partial charge in [-0.25, -0.2) is 4.99 Å². The van der Waals surface area contributed by atoms with Crippen LogP contribution in [0, 0.1) is 0 Å². The number of nitrogens with two attached hydrogens (primary N) is 1. The summed E-state index contributed by atoms with van der Waals surface area (Å²) in [6.45, 7) is 14.1. The van der Waals surface area contributed by atoms with E-state index in [9.17, 15) is 5.11 Å². The van der Waals surface area contributed by atoms with E-state index in [1.807, 2.05) is 45.7 Å². The van der Waals surface area contributed by atoms with Crippen LogP contribution >= 0.6 is 0 Å². The van der Waals surface area contributed by atoms with Gasteiger partial charge in [0.05, 0.1) is 6.10 Å². The van der Waals surface area contributed by atoms with E-state index >= 15 is 0 Å². The molecule has 1 aliphatic rings. The van der Waals surface area contributed by atoms with Crippen molar-refractivity contribution in [1.29, 1.82) is 0 Å². The van der Waals surface area contributed by atoms with E-state index < -0.39 is 11.6 Å². The maximum Gasteiger partial charge on any atom is 0.212 e. The maximum absolute atomic E-state index is 10.2. The van der Waals surface area contributed by atoms with Crippen LogP contribution in [0.3, 0.4) is 0 Å². The molecule has 0 saturated carbocycles. The van der Waals surface area contributed by atoms with Gasteiger partial charge in [0.1, 0.15) is 16.8 Å². The molecule has 6 nitrogen and oxygen atoms in total. The Morgan fingerprint density at radius 1 is 1.57 bits per heavy atom. The molecule has 6 heteroatoms. The van der Waals surface area contributed by atoms with Crippen LogP contribution in [0.5, 0.6) is 0 Å². The molecule has 1 aliphatic heterocycles. The van der Waals surface area contributed by atoms with Gasteiger partial charge in [0.25, 0.3) is 0 Å². The van der Waals surface area contributed by atoms with E-state index in [0.717, 1.165) is 19.4 Å². The monoisotopic (exact) mass is 324 g/mol. The fourth-order valence-electron chi connectivity index (χ4n) is 2.35. The van der Waals surface area contributed by atoms with Gasteiger partial charge in [-0.3, -0.25) is 0 Å². The van der Waals surface area contributed by atoms with Gasteiger partial charge in [0.15, 0.2) is 5.96 Å². The fourth-order valence-corrected chi connectivity index (χ4v) is 2.35. The van der Waals surface area contributed by atoms with Gasteiger partial charge in [0, 0.05) is 13.6 Å². The van der Waals surface area contributed by atoms with Gasteiger partial charge in [-0.15, -0.1) is 6.58 Å². The molecule has 0 fully saturated rings. The molecule has 1 rings (SSSR count). The summed E-state index contributed by atoms with van der Waals surface area (Å²) in [6.07, 6.45) is 3.10. The minimum Gasteiger partial charge on any atom is -0.472 e. The Kier molecular flexibility index (Phi) is 6.11. The molecule has 0 aromatic carbocycles. The van der Waals surface area contributed by atoms with Crippen LogP contribution in [0.2, 0.25) is 0 Å². The molecular weight excluding hydrogens is 292 g/mol. The van der Waals surface area contributed by atoms with E-state index in [4.69, 9.17) is 10.5 Å². The molecule has 0 bridgehead atoms. The van der Waals surface area contributed by atoms with E-state index in [0.29, 0.717) is 11.6 Å². The zero-order valence-corrected chi connectivity index (χ0v) is 15.3. The maximum atomic E-state index is 10.2. The molecule has 0 aliphatic carbocycles. The average molecular weight is 324 g/mol. The molecule has 4 N–H and O–H groups in total. The van der Waals surface area contributed by atoms with Crippen LogP contribution in [0.25, 0.3) is 0 Å². The van der Waals surface area contributed by atoms with Crippen molar-refractivity contribution >= 4 is 5.96 Å². The average Bonchev–Trinajstić information content (AvgIpc) is 2.71. The smallest absolute Gasteiger partial charge is 0.212 e. The topological polar surface area (TPSA) is 83.1 Å². The summed E-state index contributed by atoms with van der Waals surface area (Å²) in [7, 11) is 1.97. The lowest BCUT2D eigenvalue weighted by molar-refractivity contribution is 0.000554. The Labute approximate surface area is 140 Å². The number of aliphatic hydroxyl groups excluding tert-OH is 1. The summed E-state index contributed by atoms with van der Waals surface area (Å²) in [6, 6.07) is 0. The molecule has 0 radical (unpaired) electrons. The minimum absolute atomic E-state index is 0.290. The third kappa shape index (κ3) is 4.89. The van der Waals surface area contributed by atoms with Gasteiger partial charge in [-0.05, 0) is 47.5 Å². The number of ether oxygens (including phenoxy) is 1. The van der Waals surface area contributed by atoms with Crippen LogP contribution in [-0.4, -0.2) is 46.8 Å². The lowest BCUT2D eigenvalue weighted by Gasteiger charge is -2.35. The number of aliphatic hydroxyl groups is 1. The molecule has 1 heterocycles. The summed E-state index contributed by atoms with van der Waals surface area (Å²) in [4.78, 5) is 6.42. The molecule has 0 spiro atoms. The quantitative estimate of drug-likeness (QED) is 0.379. The second kappa shape index (κ2) is 7.25. The Morgan fingerprint density at radius 2 is 2.17 bits per heavy atom. The summed E-state index contributed by atoms with van der Waals surface area (Å²) in [5.41, 5.74) is 5.33. The predicted molar refractivity (Wildman–Crippen MR) is 94.8 cm³/mol. The molecule has 0 saturated heterocycles. The molecular formula is C17H32N4O2. The number of allylic oxidation sites excluding steroid dienone is 1. The number of hydrogen-bond acceptors (Lipinski definition) is 6. The Hall–Kier alpha value is -1.69. The molecule has 1 unspecified atom stereocenters. The molecule has 0 aromatic rings. The zero-order valence-electron chi connectivity index (χ0n) is 15.3. The van der Waals surface area contributed by atoms with Gasteiger partial charge < -0.3 is 25.8 Å². The first kappa shape index (κ1) is 19.4. The van der Waals surface area contributed by atoms with Crippen molar-refractivity contribution in [3.63, 3.8) is 0 Å². The van der Waals surface area contributed by atoms with E-state index in [1.165, 1.54) is 0 Å². The predicted octanol–water partition coefficient (Wildman–Crippen LogP) is 1.93. The highest BCUT2D eigenvalue weighted by atomic mass is 16.5. The van der Waals surface area contributed by atoms with Crippen molar-refractivity contribution < 1.29 is 9.84 Å². The molecule has 2 atom stereocenters. The van der Waals surface area contributed by atoms with Gasteiger partial charge in [-0.1, -0.05) is 6.08 Å². The zero-order chi connectivity index (χ0) is 17.8. The molecule has 0 amide bonds. The first-order valence-electron chi connectivity index (χ1n) is 8.07. The summed E-state index contributed by atoms with van der Waals surface area (Å²) in [5.74, 6) is 0.951. The number of nitrogens with zero attached hydrogens (tertiary/aromatic N) is 2. The van der Waals surface area contributed by atoms with E-state index in [1.54, 1.807) is 6.92 Å². The SMILES string of the molecule is C=CCCCN(C)/C(OC(C)(C)C)=C1/NC(N)=N[C@]1(C)C(C)O. The second-order valence-electron chi connectivity index (χ2n) is 7.19. The summed E-state index contributed by atoms with van der Waals surface area (Å²) in [5, 5.41) is 13.3. The molecule has 23 heavy (non-hydrogen) atoms. The van der Waals surface area contributed by atoms with Gasteiger partial charge in [0.2, 0.25) is 5.88 Å². The second-order valence-corrected chi connectivity index (χ2v) is 7.19. The Morgan fingerprint density at radius 3 is 2.65 bits per heavy atom. The highest BCUT2D eigenvalue weighted by molar-refractivity contribution is 5.84. The van der Waals surface area contributed by atoms with Crippen LogP contribution in [0.15, 0.2) is 29.2 Å². The van der Waals surface area contributed by atoms with Gasteiger partial charge in [-0.2, -0.15) is 0 Å². The third-order valence-corrected chi connectivity index (χ3v) is 3.79. The van der Waals surface area contributed by atoms with E-state index in [-0.39, 0.29) is 11.6 Å². The Bertz CT molecular complexity index is 491. The van der Waals surface area contributed by atoms with Crippen LogP contribution in [0.4, 0.5) is 0 Å². The number of guanidine groups is 1. The third-order valence-electron chi connectivity index (χ3n) is 3.79. The molecule has 0 aromatic heterocycles. The highest BCUT2D eigenvalue weighted by Gasteiger charge is 2.43. The summed E-state index contributed by atoms with van der Waals surface area (Å²) >= 11 is 0. The number of nitrogens with one attached hydrogen (secondary N) is 1. The minimum atomic E-state index is -0.850. The van der Waals surface area contributed by atoms with E-state index in [2.05, 4.69) is 16.9 Å². The fraction of sp³-hybridized carbons (Fsp3) is 0.706. The number of aliphatic imine (C=N–C) groups is 1. The molecule has 132 valence electrons. The standard InChI is InChI=1S/C17H32N4O2/c1-8-9-10-11-21(7)14(23-16(3,4)5)13-17(6,12(2)22)20-15(18)19-13/h8,12,22H,1,9-11H2,2-7H3,(H3,18,19,20)/b14-13-/t12?,17-/m1/s1. The largest absolute Gasteiger partial charge is 0.472 e. The van der Waals surface area contributed by atoms with Crippen LogP contribution < -0.4 is 11.1 Å². The number of rotatable bonds is 7. The lowest BCUT2D eigenvalue weighted by atomic mass is 9.93. The van der Waals surface area contributed by atoms with Crippen LogP contribution in [0.1, 0.15) is 47.5 Å². The van der Waals surface area contributed by atoms with Gasteiger partial charge >= 0.3 is 0 Å². The highest BCUT2D eigenvalue weighted by Crippen LogP contribution is 2.33. The van der Waals surface area contributed by atoms with Crippen molar-refractivity contribution in [3.8, 4) is 0 Å². The normalized spacial score (nSPS) is 24.6. The number of unbranched alkanes of at least 4 members (excludes halogenated alkanes) is 1. The summed E-state index contributed by atoms with van der Waals surface area (Å²) < 4.78 is 6.19. The van der Waals surface area contributed by atoms with Crippen molar-refractivity contribution in [2.45, 2.75) is 64.7 Å². The van der Waals surface area contributed by atoms with Crippen molar-refractivity contribution in [2.24, 2.45) is 10.7 Å². The lowest BCUT2D eigenvalue weighted by Crippen LogP contribution is -2.42. The first-order valence-corrected chi connectivity index (χ1v) is 8.07. The van der Waals surface area contributed by atoms with Crippen molar-refractivity contribution in [1.82, 2.24) is 10.2 Å². The number of hydrogen-bond donors (Lipinski definition) is 3. The van der Waals surface area contributed by atoms with Crippen molar-refractivity contribution in [2.75, 3.05) is 13.6 Å². The first-order chi connectivity index (χ1) is 10.5. The van der Waals surface area contributed by atoms with Crippen molar-refractivity contribution in [3.05, 3.63) is 24.2 Å². The van der Waals surface area contributed by atoms with Crippen LogP contribution in [-0.2, 0) is 4.74 Å².